The highest BCUT2D eigenvalue weighted by Crippen LogP contribution is 2.56. The maximum absolute atomic E-state index is 11.9. The van der Waals surface area contributed by atoms with E-state index < -0.39 is 13.0 Å². The van der Waals surface area contributed by atoms with Crippen molar-refractivity contribution in [1.82, 2.24) is 0 Å². The summed E-state index contributed by atoms with van der Waals surface area (Å²) in [4.78, 5) is 9.75. The second-order valence-corrected chi connectivity index (χ2v) is 6.61. The van der Waals surface area contributed by atoms with Gasteiger partial charge in [0, 0.05) is 12.2 Å². The van der Waals surface area contributed by atoms with Crippen LogP contribution in [0.1, 0.15) is 30.1 Å². The quantitative estimate of drug-likeness (QED) is 0.796. The second kappa shape index (κ2) is 5.67. The molecule has 0 aromatic heterocycles. The van der Waals surface area contributed by atoms with Crippen LogP contribution in [0.15, 0.2) is 18.2 Å². The molecule has 0 radical (unpaired) electrons. The van der Waals surface area contributed by atoms with Crippen molar-refractivity contribution < 1.29 is 19.3 Å². The fourth-order valence-corrected chi connectivity index (χ4v) is 3.35. The van der Waals surface area contributed by atoms with E-state index in [1.165, 1.54) is 13.8 Å². The molecule has 0 aliphatic carbocycles. The fraction of sp³-hybridized carbons (Fsp3) is 0.500. The van der Waals surface area contributed by atoms with E-state index in [4.69, 9.17) is 9.84 Å². The summed E-state index contributed by atoms with van der Waals surface area (Å²) in [5, 5.41) is 9.11. The number of rotatable bonds is 5. The van der Waals surface area contributed by atoms with Gasteiger partial charge in [0.05, 0.1) is 19.4 Å². The van der Waals surface area contributed by atoms with E-state index in [2.05, 4.69) is 0 Å². The van der Waals surface area contributed by atoms with Crippen molar-refractivity contribution in [3.8, 4) is 5.75 Å². The van der Waals surface area contributed by atoms with Gasteiger partial charge in [-0.2, -0.15) is 0 Å². The van der Waals surface area contributed by atoms with Gasteiger partial charge >= 0.3 is 0 Å². The first-order valence-corrected chi connectivity index (χ1v) is 7.69. The summed E-state index contributed by atoms with van der Waals surface area (Å²) in [6.07, 6.45) is 0.551. The van der Waals surface area contributed by atoms with E-state index in [0.29, 0.717) is 23.3 Å². The van der Waals surface area contributed by atoms with Gasteiger partial charge in [0.1, 0.15) is 5.75 Å². The third-order valence-corrected chi connectivity index (χ3v) is 4.60. The number of aliphatic hydroxyl groups is 1. The molecule has 0 bridgehead atoms. The van der Waals surface area contributed by atoms with Gasteiger partial charge in [-0.3, -0.25) is 4.57 Å². The summed E-state index contributed by atoms with van der Waals surface area (Å²) in [5.41, 5.74) is 0.950. The highest BCUT2D eigenvalue weighted by Gasteiger charge is 2.28. The Bertz CT molecular complexity index is 425. The van der Waals surface area contributed by atoms with Crippen LogP contribution in [-0.4, -0.2) is 23.8 Å². The van der Waals surface area contributed by atoms with E-state index in [9.17, 15) is 9.46 Å². The molecule has 1 aromatic rings. The Morgan fingerprint density at radius 1 is 1.47 bits per heavy atom. The molecule has 2 atom stereocenters. The minimum Gasteiger partial charge on any atom is -0.496 e. The average Bonchev–Trinajstić information content (AvgIpc) is 2.28. The van der Waals surface area contributed by atoms with Crippen LogP contribution in [0.4, 0.5) is 0 Å². The standard InChI is InChI=1S/C12H19O4P/c1-4-12(17(3,14)15)10-7-9(8-13)5-6-11(10)16-2/h5-7,12-13H,4,8H2,1-3H3,(H,14,15). The van der Waals surface area contributed by atoms with Crippen LogP contribution in [0.25, 0.3) is 0 Å². The molecule has 2 unspecified atom stereocenters. The lowest BCUT2D eigenvalue weighted by atomic mass is 10.1. The smallest absolute Gasteiger partial charge is 0.205 e. The van der Waals surface area contributed by atoms with E-state index in [1.54, 1.807) is 18.2 Å². The molecular formula is C12H19O4P. The van der Waals surface area contributed by atoms with Crippen molar-refractivity contribution in [2.45, 2.75) is 25.6 Å². The zero-order valence-corrected chi connectivity index (χ0v) is 11.3. The molecule has 0 heterocycles. The number of hydrogen-bond donors (Lipinski definition) is 2. The van der Waals surface area contributed by atoms with Gasteiger partial charge in [-0.05, 0) is 24.1 Å². The molecule has 0 amide bonds. The van der Waals surface area contributed by atoms with Crippen LogP contribution < -0.4 is 4.74 Å². The molecule has 0 fully saturated rings. The molecule has 0 aliphatic rings. The van der Waals surface area contributed by atoms with Gasteiger partial charge < -0.3 is 14.7 Å². The summed E-state index contributed by atoms with van der Waals surface area (Å²) in [7, 11) is -1.70. The van der Waals surface area contributed by atoms with Crippen LogP contribution in [0.3, 0.4) is 0 Å². The predicted molar refractivity (Wildman–Crippen MR) is 67.7 cm³/mol. The third kappa shape index (κ3) is 3.32. The molecule has 0 saturated heterocycles. The lowest BCUT2D eigenvalue weighted by Gasteiger charge is -2.21. The Morgan fingerprint density at radius 3 is 2.53 bits per heavy atom. The maximum Gasteiger partial charge on any atom is 0.205 e. The molecule has 1 aromatic carbocycles. The van der Waals surface area contributed by atoms with E-state index in [-0.39, 0.29) is 6.61 Å². The third-order valence-electron chi connectivity index (χ3n) is 2.80. The fourth-order valence-electron chi connectivity index (χ4n) is 1.96. The van der Waals surface area contributed by atoms with Crippen LogP contribution in [0.5, 0.6) is 5.75 Å². The summed E-state index contributed by atoms with van der Waals surface area (Å²) >= 11 is 0. The number of aliphatic hydroxyl groups excluding tert-OH is 1. The molecule has 96 valence electrons. The zero-order chi connectivity index (χ0) is 13.1. The van der Waals surface area contributed by atoms with Gasteiger partial charge in [-0.15, -0.1) is 0 Å². The van der Waals surface area contributed by atoms with Crippen molar-refractivity contribution in [3.05, 3.63) is 29.3 Å². The Morgan fingerprint density at radius 2 is 2.12 bits per heavy atom. The first-order chi connectivity index (χ1) is 7.93. The largest absolute Gasteiger partial charge is 0.496 e. The minimum absolute atomic E-state index is 0.0904. The van der Waals surface area contributed by atoms with Crippen LogP contribution >= 0.6 is 7.37 Å². The number of ether oxygens (including phenoxy) is 1. The van der Waals surface area contributed by atoms with E-state index in [1.807, 2.05) is 6.92 Å². The van der Waals surface area contributed by atoms with Crippen molar-refractivity contribution in [2.75, 3.05) is 13.8 Å². The lowest BCUT2D eigenvalue weighted by molar-refractivity contribution is 0.281. The first kappa shape index (κ1) is 14.2. The summed E-state index contributed by atoms with van der Waals surface area (Å²) in [6.45, 7) is 3.13. The lowest BCUT2D eigenvalue weighted by Crippen LogP contribution is -2.02. The maximum atomic E-state index is 11.9. The second-order valence-electron chi connectivity index (χ2n) is 4.10. The summed E-state index contributed by atoms with van der Waals surface area (Å²) in [5.74, 6) is 0.588. The number of hydrogen-bond acceptors (Lipinski definition) is 3. The van der Waals surface area contributed by atoms with Gasteiger partial charge in [-0.25, -0.2) is 0 Å². The van der Waals surface area contributed by atoms with Crippen molar-refractivity contribution >= 4 is 7.37 Å². The van der Waals surface area contributed by atoms with Crippen molar-refractivity contribution in [3.63, 3.8) is 0 Å². The van der Waals surface area contributed by atoms with Gasteiger partial charge in [0.2, 0.25) is 7.37 Å². The van der Waals surface area contributed by atoms with Gasteiger partial charge in [0.15, 0.2) is 0 Å². The monoisotopic (exact) mass is 258 g/mol. The van der Waals surface area contributed by atoms with Crippen LogP contribution in [0.2, 0.25) is 0 Å². The molecule has 0 saturated carbocycles. The minimum atomic E-state index is -3.23. The first-order valence-electron chi connectivity index (χ1n) is 5.51. The summed E-state index contributed by atoms with van der Waals surface area (Å²) in [6, 6.07) is 5.20. The Labute approximate surface area is 102 Å². The van der Waals surface area contributed by atoms with Crippen molar-refractivity contribution in [1.29, 1.82) is 0 Å². The summed E-state index contributed by atoms with van der Waals surface area (Å²) < 4.78 is 17.1. The SMILES string of the molecule is CCC(c1cc(CO)ccc1OC)P(C)(=O)O. The number of methoxy groups -OCH3 is 1. The molecular weight excluding hydrogens is 239 g/mol. The Hall–Kier alpha value is -0.830. The highest BCUT2D eigenvalue weighted by atomic mass is 31.2. The molecule has 5 heteroatoms. The van der Waals surface area contributed by atoms with Gasteiger partial charge in [-0.1, -0.05) is 13.0 Å². The van der Waals surface area contributed by atoms with Crippen LogP contribution in [-0.2, 0) is 11.2 Å². The Balaban J connectivity index is 3.30. The molecule has 17 heavy (non-hydrogen) atoms. The van der Waals surface area contributed by atoms with E-state index >= 15 is 0 Å². The zero-order valence-electron chi connectivity index (χ0n) is 10.4. The predicted octanol–water partition coefficient (Wildman–Crippen LogP) is 2.54. The molecule has 2 N–H and O–H groups in total. The molecule has 0 aliphatic heterocycles. The number of benzene rings is 1. The molecule has 1 rings (SSSR count). The average molecular weight is 258 g/mol. The normalized spacial score (nSPS) is 16.3. The highest BCUT2D eigenvalue weighted by molar-refractivity contribution is 7.57. The van der Waals surface area contributed by atoms with E-state index in [0.717, 1.165) is 0 Å². The molecule has 4 nitrogen and oxygen atoms in total. The van der Waals surface area contributed by atoms with Crippen LogP contribution in [0, 0.1) is 0 Å². The van der Waals surface area contributed by atoms with Crippen molar-refractivity contribution in [2.24, 2.45) is 0 Å². The van der Waals surface area contributed by atoms with Gasteiger partial charge in [0.25, 0.3) is 0 Å². The Kier molecular flexibility index (Phi) is 4.75. The molecule has 0 spiro atoms. The topological polar surface area (TPSA) is 66.8 Å².